The maximum absolute atomic E-state index is 10.8. The van der Waals surface area contributed by atoms with Gasteiger partial charge in [0, 0.05) is 22.6 Å². The van der Waals surface area contributed by atoms with E-state index in [1.807, 2.05) is 6.07 Å². The number of halogens is 1. The van der Waals surface area contributed by atoms with Crippen molar-refractivity contribution in [2.45, 2.75) is 45.1 Å². The minimum absolute atomic E-state index is 0.125. The Hall–Kier alpha value is -0.940. The fourth-order valence-electron chi connectivity index (χ4n) is 3.09. The third kappa shape index (κ3) is 3.58. The van der Waals surface area contributed by atoms with Crippen LogP contribution in [0, 0.1) is 22.0 Å². The van der Waals surface area contributed by atoms with Crippen molar-refractivity contribution >= 4 is 21.6 Å². The van der Waals surface area contributed by atoms with E-state index in [4.69, 9.17) is 5.73 Å². The molecule has 0 amide bonds. The Balaban J connectivity index is 2.10. The van der Waals surface area contributed by atoms with E-state index in [9.17, 15) is 10.1 Å². The summed E-state index contributed by atoms with van der Waals surface area (Å²) < 4.78 is 0.817. The van der Waals surface area contributed by atoms with Gasteiger partial charge in [-0.2, -0.15) is 0 Å². The van der Waals surface area contributed by atoms with Crippen LogP contribution in [0.5, 0.6) is 0 Å². The predicted octanol–water partition coefficient (Wildman–Crippen LogP) is 4.05. The van der Waals surface area contributed by atoms with Gasteiger partial charge in [0.1, 0.15) is 0 Å². The van der Waals surface area contributed by atoms with Gasteiger partial charge in [-0.1, -0.05) is 35.3 Å². The van der Waals surface area contributed by atoms with Crippen LogP contribution in [0.15, 0.2) is 22.7 Å². The van der Waals surface area contributed by atoms with Crippen LogP contribution < -0.4 is 5.73 Å². The molecule has 4 nitrogen and oxygen atoms in total. The molecule has 20 heavy (non-hydrogen) atoms. The maximum atomic E-state index is 10.8. The van der Waals surface area contributed by atoms with E-state index >= 15 is 0 Å². The highest BCUT2D eigenvalue weighted by Gasteiger charge is 2.28. The van der Waals surface area contributed by atoms with Crippen LogP contribution in [-0.2, 0) is 6.42 Å². The standard InChI is InChI=1S/C15H21BrN2O2/c1-2-10-3-6-15(17)12(7-10)8-11-4-5-13(18(19)20)9-14(11)16/h4-5,9-10,12,15H,2-3,6-8,17H2,1H3. The number of non-ortho nitro benzene ring substituents is 1. The molecule has 110 valence electrons. The van der Waals surface area contributed by atoms with Gasteiger partial charge in [-0.05, 0) is 43.1 Å². The van der Waals surface area contributed by atoms with Crippen LogP contribution >= 0.6 is 15.9 Å². The minimum atomic E-state index is -0.367. The molecule has 0 aliphatic heterocycles. The lowest BCUT2D eigenvalue weighted by atomic mass is 9.75. The molecular formula is C15H21BrN2O2. The van der Waals surface area contributed by atoms with Crippen molar-refractivity contribution in [3.8, 4) is 0 Å². The number of hydrogen-bond acceptors (Lipinski definition) is 3. The number of benzene rings is 1. The Labute approximate surface area is 128 Å². The topological polar surface area (TPSA) is 69.2 Å². The smallest absolute Gasteiger partial charge is 0.270 e. The third-order valence-corrected chi connectivity index (χ3v) is 5.19. The Morgan fingerprint density at radius 1 is 1.45 bits per heavy atom. The lowest BCUT2D eigenvalue weighted by molar-refractivity contribution is -0.384. The van der Waals surface area contributed by atoms with E-state index in [0.29, 0.717) is 5.92 Å². The highest BCUT2D eigenvalue weighted by atomic mass is 79.9. The second-order valence-electron chi connectivity index (χ2n) is 5.75. The van der Waals surface area contributed by atoms with E-state index in [1.54, 1.807) is 12.1 Å². The summed E-state index contributed by atoms with van der Waals surface area (Å²) in [5.41, 5.74) is 7.49. The van der Waals surface area contributed by atoms with Crippen molar-refractivity contribution in [2.24, 2.45) is 17.6 Å². The molecule has 1 aromatic rings. The van der Waals surface area contributed by atoms with Gasteiger partial charge in [-0.15, -0.1) is 0 Å². The van der Waals surface area contributed by atoms with Gasteiger partial charge in [0.15, 0.2) is 0 Å². The number of rotatable bonds is 4. The van der Waals surface area contributed by atoms with E-state index in [2.05, 4.69) is 22.9 Å². The van der Waals surface area contributed by atoms with Gasteiger partial charge < -0.3 is 5.73 Å². The molecule has 3 atom stereocenters. The molecule has 0 saturated heterocycles. The zero-order valence-corrected chi connectivity index (χ0v) is 13.3. The number of nitro groups is 1. The largest absolute Gasteiger partial charge is 0.327 e. The van der Waals surface area contributed by atoms with Gasteiger partial charge in [-0.3, -0.25) is 10.1 Å². The first-order valence-electron chi connectivity index (χ1n) is 7.19. The van der Waals surface area contributed by atoms with Crippen LogP contribution in [-0.4, -0.2) is 11.0 Å². The Bertz CT molecular complexity index is 493. The first kappa shape index (κ1) is 15.4. The zero-order chi connectivity index (χ0) is 14.7. The molecule has 1 saturated carbocycles. The molecule has 0 aromatic heterocycles. The molecule has 0 radical (unpaired) electrons. The zero-order valence-electron chi connectivity index (χ0n) is 11.7. The third-order valence-electron chi connectivity index (χ3n) is 4.46. The number of hydrogen-bond donors (Lipinski definition) is 1. The van der Waals surface area contributed by atoms with Gasteiger partial charge in [-0.25, -0.2) is 0 Å². The molecule has 1 aliphatic rings. The second-order valence-corrected chi connectivity index (χ2v) is 6.60. The molecule has 0 spiro atoms. The monoisotopic (exact) mass is 340 g/mol. The van der Waals surface area contributed by atoms with Crippen LogP contribution in [0.3, 0.4) is 0 Å². The maximum Gasteiger partial charge on any atom is 0.270 e. The summed E-state index contributed by atoms with van der Waals surface area (Å²) >= 11 is 3.45. The van der Waals surface area contributed by atoms with Crippen LogP contribution in [0.1, 0.15) is 38.2 Å². The van der Waals surface area contributed by atoms with Gasteiger partial charge in [0.25, 0.3) is 5.69 Å². The fraction of sp³-hybridized carbons (Fsp3) is 0.600. The highest BCUT2D eigenvalue weighted by Crippen LogP contribution is 2.34. The van der Waals surface area contributed by atoms with E-state index in [-0.39, 0.29) is 16.7 Å². The summed E-state index contributed by atoms with van der Waals surface area (Å²) in [7, 11) is 0. The quantitative estimate of drug-likeness (QED) is 0.663. The van der Waals surface area contributed by atoms with Crippen molar-refractivity contribution in [1.29, 1.82) is 0 Å². The van der Waals surface area contributed by atoms with Crippen LogP contribution in [0.25, 0.3) is 0 Å². The molecule has 2 N–H and O–H groups in total. The summed E-state index contributed by atoms with van der Waals surface area (Å²) in [6.07, 6.45) is 5.60. The molecule has 3 unspecified atom stereocenters. The SMILES string of the molecule is CCC1CCC(N)C(Cc2ccc([N+](=O)[O-])cc2Br)C1. The Kier molecular flexibility index (Phi) is 5.16. The van der Waals surface area contributed by atoms with Crippen molar-refractivity contribution in [1.82, 2.24) is 0 Å². The molecule has 1 aromatic carbocycles. The highest BCUT2D eigenvalue weighted by molar-refractivity contribution is 9.10. The minimum Gasteiger partial charge on any atom is -0.327 e. The first-order chi connectivity index (χ1) is 9.51. The van der Waals surface area contributed by atoms with Gasteiger partial charge in [0.2, 0.25) is 0 Å². The first-order valence-corrected chi connectivity index (χ1v) is 7.99. The van der Waals surface area contributed by atoms with Gasteiger partial charge >= 0.3 is 0 Å². The van der Waals surface area contributed by atoms with Crippen molar-refractivity contribution < 1.29 is 4.92 Å². The molecular weight excluding hydrogens is 320 g/mol. The van der Waals surface area contributed by atoms with Gasteiger partial charge in [0.05, 0.1) is 4.92 Å². The summed E-state index contributed by atoms with van der Waals surface area (Å²) in [5, 5.41) is 10.8. The second kappa shape index (κ2) is 6.68. The molecule has 1 aliphatic carbocycles. The molecule has 2 rings (SSSR count). The van der Waals surface area contributed by atoms with Crippen LogP contribution in [0.2, 0.25) is 0 Å². The number of nitrogens with two attached hydrogens (primary N) is 1. The predicted molar refractivity (Wildman–Crippen MR) is 83.6 cm³/mol. The van der Waals surface area contributed by atoms with E-state index in [1.165, 1.54) is 19.3 Å². The molecule has 0 bridgehead atoms. The summed E-state index contributed by atoms with van der Waals surface area (Å²) in [5.74, 6) is 1.25. The fourth-order valence-corrected chi connectivity index (χ4v) is 3.62. The average molecular weight is 341 g/mol. The normalized spacial score (nSPS) is 26.4. The van der Waals surface area contributed by atoms with Crippen molar-refractivity contribution in [3.63, 3.8) is 0 Å². The Morgan fingerprint density at radius 3 is 2.80 bits per heavy atom. The molecule has 0 heterocycles. The molecule has 1 fully saturated rings. The number of nitro benzene ring substituents is 1. The number of nitrogens with zero attached hydrogens (tertiary/aromatic N) is 1. The van der Waals surface area contributed by atoms with Crippen LogP contribution in [0.4, 0.5) is 5.69 Å². The van der Waals surface area contributed by atoms with E-state index in [0.717, 1.165) is 28.8 Å². The summed E-state index contributed by atoms with van der Waals surface area (Å²) in [4.78, 5) is 10.4. The Morgan fingerprint density at radius 2 is 2.20 bits per heavy atom. The van der Waals surface area contributed by atoms with E-state index < -0.39 is 0 Å². The van der Waals surface area contributed by atoms with Crippen molar-refractivity contribution in [2.75, 3.05) is 0 Å². The summed E-state index contributed by atoms with van der Waals surface area (Å²) in [6, 6.07) is 5.26. The lowest BCUT2D eigenvalue weighted by Gasteiger charge is -2.34. The summed E-state index contributed by atoms with van der Waals surface area (Å²) in [6.45, 7) is 2.24. The average Bonchev–Trinajstić information content (AvgIpc) is 2.43. The van der Waals surface area contributed by atoms with Crippen molar-refractivity contribution in [3.05, 3.63) is 38.3 Å². The molecule has 5 heteroatoms. The lowest BCUT2D eigenvalue weighted by Crippen LogP contribution is -2.37.